The number of pyridine rings is 1. The highest BCUT2D eigenvalue weighted by Gasteiger charge is 2.09. The molecule has 16 heavy (non-hydrogen) atoms. The summed E-state index contributed by atoms with van der Waals surface area (Å²) in [5, 5.41) is 0. The van der Waals surface area contributed by atoms with Gasteiger partial charge in [-0.15, -0.1) is 0 Å². The normalized spacial score (nSPS) is 11.1. The van der Waals surface area contributed by atoms with Gasteiger partial charge in [0.25, 0.3) is 0 Å². The number of imidazole rings is 1. The molecule has 0 aliphatic carbocycles. The summed E-state index contributed by atoms with van der Waals surface area (Å²) in [7, 11) is 1.71. The summed E-state index contributed by atoms with van der Waals surface area (Å²) < 4.78 is 7.28. The Morgan fingerprint density at radius 1 is 1.44 bits per heavy atom. The van der Waals surface area contributed by atoms with Gasteiger partial charge in [-0.25, -0.2) is 9.97 Å². The minimum absolute atomic E-state index is 0.693. The fourth-order valence-electron chi connectivity index (χ4n) is 1.84. The van der Waals surface area contributed by atoms with Gasteiger partial charge in [0.15, 0.2) is 5.65 Å². The van der Waals surface area contributed by atoms with Gasteiger partial charge in [0, 0.05) is 26.3 Å². The van der Waals surface area contributed by atoms with Crippen molar-refractivity contribution in [3.05, 3.63) is 24.2 Å². The van der Waals surface area contributed by atoms with Crippen LogP contribution in [-0.4, -0.2) is 28.3 Å². The minimum Gasteiger partial charge on any atom is -0.383 e. The zero-order chi connectivity index (χ0) is 11.4. The predicted molar refractivity (Wildman–Crippen MR) is 63.4 cm³/mol. The number of nitrogens with zero attached hydrogens (tertiary/aromatic N) is 3. The quantitative estimate of drug-likeness (QED) is 0.772. The lowest BCUT2D eigenvalue weighted by Crippen LogP contribution is -2.08. The molecule has 0 spiro atoms. The summed E-state index contributed by atoms with van der Waals surface area (Å²) in [5.41, 5.74) is 1.94. The van der Waals surface area contributed by atoms with Crippen molar-refractivity contribution in [1.29, 1.82) is 0 Å². The predicted octanol–water partition coefficient (Wildman–Crippen LogP) is 2.03. The van der Waals surface area contributed by atoms with Gasteiger partial charge in [0.1, 0.15) is 11.3 Å². The Morgan fingerprint density at radius 2 is 2.31 bits per heavy atom. The first kappa shape index (κ1) is 11.1. The van der Waals surface area contributed by atoms with E-state index in [1.807, 2.05) is 18.3 Å². The van der Waals surface area contributed by atoms with Crippen LogP contribution in [0.25, 0.3) is 11.2 Å². The summed E-state index contributed by atoms with van der Waals surface area (Å²) in [6.07, 6.45) is 3.89. The van der Waals surface area contributed by atoms with Crippen molar-refractivity contribution in [2.24, 2.45) is 0 Å². The molecule has 0 aliphatic rings. The molecule has 0 saturated carbocycles. The maximum absolute atomic E-state index is 5.12. The second kappa shape index (κ2) is 5.07. The van der Waals surface area contributed by atoms with Gasteiger partial charge in [-0.05, 0) is 18.6 Å². The van der Waals surface area contributed by atoms with Crippen molar-refractivity contribution < 1.29 is 4.74 Å². The standard InChI is InChI=1S/C12H17N3O/c1-3-5-11-14-10-6-4-7-13-12(10)15(11)8-9-16-2/h4,6-7H,3,5,8-9H2,1-2H3. The third-order valence-electron chi connectivity index (χ3n) is 2.58. The third kappa shape index (κ3) is 2.07. The van der Waals surface area contributed by atoms with Crippen LogP contribution in [0.5, 0.6) is 0 Å². The van der Waals surface area contributed by atoms with Crippen LogP contribution in [0, 0.1) is 0 Å². The molecule has 0 bridgehead atoms. The maximum atomic E-state index is 5.12. The van der Waals surface area contributed by atoms with Crippen LogP contribution in [0.15, 0.2) is 18.3 Å². The fraction of sp³-hybridized carbons (Fsp3) is 0.500. The Bertz CT molecular complexity index is 464. The van der Waals surface area contributed by atoms with Crippen LogP contribution in [0.1, 0.15) is 19.2 Å². The average Bonchev–Trinajstić information content (AvgIpc) is 2.65. The molecule has 0 N–H and O–H groups in total. The van der Waals surface area contributed by atoms with E-state index in [9.17, 15) is 0 Å². The molecule has 0 aromatic carbocycles. The molecule has 2 aromatic rings. The number of rotatable bonds is 5. The Labute approximate surface area is 95.3 Å². The average molecular weight is 219 g/mol. The Morgan fingerprint density at radius 3 is 3.06 bits per heavy atom. The molecule has 0 amide bonds. The zero-order valence-electron chi connectivity index (χ0n) is 9.81. The summed E-state index contributed by atoms with van der Waals surface area (Å²) in [5.74, 6) is 1.10. The molecule has 2 aromatic heterocycles. The van der Waals surface area contributed by atoms with E-state index in [1.54, 1.807) is 7.11 Å². The molecule has 0 fully saturated rings. The van der Waals surface area contributed by atoms with E-state index in [0.29, 0.717) is 6.61 Å². The monoisotopic (exact) mass is 219 g/mol. The van der Waals surface area contributed by atoms with Crippen molar-refractivity contribution in [3.63, 3.8) is 0 Å². The molecular formula is C12H17N3O. The van der Waals surface area contributed by atoms with Gasteiger partial charge in [-0.3, -0.25) is 0 Å². The van der Waals surface area contributed by atoms with Crippen molar-refractivity contribution in [1.82, 2.24) is 14.5 Å². The van der Waals surface area contributed by atoms with Crippen LogP contribution in [0.3, 0.4) is 0 Å². The molecule has 2 rings (SSSR count). The van der Waals surface area contributed by atoms with E-state index in [-0.39, 0.29) is 0 Å². The van der Waals surface area contributed by atoms with E-state index in [1.165, 1.54) is 0 Å². The molecule has 0 atom stereocenters. The lowest BCUT2D eigenvalue weighted by molar-refractivity contribution is 0.187. The molecule has 4 nitrogen and oxygen atoms in total. The van der Waals surface area contributed by atoms with Crippen molar-refractivity contribution in [2.75, 3.05) is 13.7 Å². The van der Waals surface area contributed by atoms with Crippen LogP contribution < -0.4 is 0 Å². The van der Waals surface area contributed by atoms with Gasteiger partial charge >= 0.3 is 0 Å². The number of aromatic nitrogens is 3. The van der Waals surface area contributed by atoms with Gasteiger partial charge in [-0.1, -0.05) is 6.92 Å². The van der Waals surface area contributed by atoms with Gasteiger partial charge < -0.3 is 9.30 Å². The molecule has 0 aliphatic heterocycles. The summed E-state index contributed by atoms with van der Waals surface area (Å²) in [4.78, 5) is 8.98. The molecule has 2 heterocycles. The summed E-state index contributed by atoms with van der Waals surface area (Å²) in [6, 6.07) is 3.93. The first-order chi connectivity index (χ1) is 7.86. The van der Waals surface area contributed by atoms with Crippen LogP contribution in [-0.2, 0) is 17.7 Å². The first-order valence-electron chi connectivity index (χ1n) is 5.66. The molecule has 0 saturated heterocycles. The Hall–Kier alpha value is -1.42. The lowest BCUT2D eigenvalue weighted by Gasteiger charge is -2.06. The summed E-state index contributed by atoms with van der Waals surface area (Å²) >= 11 is 0. The third-order valence-corrected chi connectivity index (χ3v) is 2.58. The SMILES string of the molecule is CCCc1nc2cccnc2n1CCOC. The van der Waals surface area contributed by atoms with Gasteiger partial charge in [0.2, 0.25) is 0 Å². The molecule has 4 heteroatoms. The van der Waals surface area contributed by atoms with E-state index in [2.05, 4.69) is 21.5 Å². The van der Waals surface area contributed by atoms with E-state index in [0.717, 1.165) is 36.4 Å². The molecular weight excluding hydrogens is 202 g/mol. The van der Waals surface area contributed by atoms with Crippen molar-refractivity contribution in [3.8, 4) is 0 Å². The lowest BCUT2D eigenvalue weighted by atomic mass is 10.3. The van der Waals surface area contributed by atoms with Crippen molar-refractivity contribution >= 4 is 11.2 Å². The van der Waals surface area contributed by atoms with Gasteiger partial charge in [-0.2, -0.15) is 0 Å². The van der Waals surface area contributed by atoms with Crippen LogP contribution in [0.2, 0.25) is 0 Å². The Balaban J connectivity index is 2.42. The number of fused-ring (bicyclic) bond motifs is 1. The van der Waals surface area contributed by atoms with Gasteiger partial charge in [0.05, 0.1) is 6.61 Å². The highest BCUT2D eigenvalue weighted by atomic mass is 16.5. The van der Waals surface area contributed by atoms with E-state index < -0.39 is 0 Å². The van der Waals surface area contributed by atoms with E-state index >= 15 is 0 Å². The smallest absolute Gasteiger partial charge is 0.160 e. The molecule has 0 unspecified atom stereocenters. The number of ether oxygens (including phenoxy) is 1. The zero-order valence-corrected chi connectivity index (χ0v) is 9.81. The number of hydrogen-bond donors (Lipinski definition) is 0. The second-order valence-corrected chi connectivity index (χ2v) is 3.77. The topological polar surface area (TPSA) is 39.9 Å². The molecule has 0 radical (unpaired) electrons. The summed E-state index contributed by atoms with van der Waals surface area (Å²) in [6.45, 7) is 3.67. The maximum Gasteiger partial charge on any atom is 0.160 e. The fourth-order valence-corrected chi connectivity index (χ4v) is 1.84. The highest BCUT2D eigenvalue weighted by Crippen LogP contribution is 2.14. The number of hydrogen-bond acceptors (Lipinski definition) is 3. The minimum atomic E-state index is 0.693. The Kier molecular flexibility index (Phi) is 3.51. The van der Waals surface area contributed by atoms with Crippen LogP contribution in [0.4, 0.5) is 0 Å². The first-order valence-corrected chi connectivity index (χ1v) is 5.66. The number of methoxy groups -OCH3 is 1. The number of aryl methyl sites for hydroxylation is 1. The van der Waals surface area contributed by atoms with Crippen molar-refractivity contribution in [2.45, 2.75) is 26.3 Å². The highest BCUT2D eigenvalue weighted by molar-refractivity contribution is 5.71. The van der Waals surface area contributed by atoms with E-state index in [4.69, 9.17) is 4.74 Å². The molecule has 86 valence electrons. The second-order valence-electron chi connectivity index (χ2n) is 3.77. The largest absolute Gasteiger partial charge is 0.383 e. The van der Waals surface area contributed by atoms with Crippen LogP contribution >= 0.6 is 0 Å².